The molecule has 4 nitrogen and oxygen atoms in total. The van der Waals surface area contributed by atoms with Crippen LogP contribution in [0.2, 0.25) is 0 Å². The molecule has 0 aliphatic carbocycles. The maximum Gasteiger partial charge on any atom is 0.242 e. The van der Waals surface area contributed by atoms with Crippen molar-refractivity contribution in [1.29, 1.82) is 0 Å². The Balaban J connectivity index is 2.18. The van der Waals surface area contributed by atoms with Crippen molar-refractivity contribution >= 4 is 34.8 Å². The second-order valence-corrected chi connectivity index (χ2v) is 8.34. The summed E-state index contributed by atoms with van der Waals surface area (Å²) in [5.74, 6) is -0.270. The summed E-state index contributed by atoms with van der Waals surface area (Å²) in [6.07, 6.45) is 0.770. The highest BCUT2D eigenvalue weighted by Crippen LogP contribution is 2.16. The topological polar surface area (TPSA) is 40.6 Å². The van der Waals surface area contributed by atoms with Crippen LogP contribution in [0.4, 0.5) is 0 Å². The third kappa shape index (κ3) is 6.36. The quantitative estimate of drug-likeness (QED) is 0.574. The Bertz CT molecular complexity index is 719. The van der Waals surface area contributed by atoms with Gasteiger partial charge in [0.25, 0.3) is 0 Å². The van der Waals surface area contributed by atoms with E-state index in [2.05, 4.69) is 0 Å². The standard InChI is InChI=1S/C21H27ClN2O2S/c1-4-16(2)24(21(26)17(3)22)15-20(25)23(14-19-11-8-12-27-19)13-18-9-6-5-7-10-18/h5-12,16-17H,4,13-15H2,1-3H3. The van der Waals surface area contributed by atoms with Gasteiger partial charge in [-0.2, -0.15) is 0 Å². The number of halogens is 1. The lowest BCUT2D eigenvalue weighted by Gasteiger charge is -2.32. The number of thiophene rings is 1. The maximum atomic E-state index is 13.1. The summed E-state index contributed by atoms with van der Waals surface area (Å²) in [6.45, 7) is 6.69. The van der Waals surface area contributed by atoms with Crippen LogP contribution in [0, 0.1) is 0 Å². The lowest BCUT2D eigenvalue weighted by molar-refractivity contribution is -0.142. The van der Waals surface area contributed by atoms with Gasteiger partial charge in [0.2, 0.25) is 11.8 Å². The number of alkyl halides is 1. The Labute approximate surface area is 170 Å². The molecule has 0 bridgehead atoms. The molecule has 0 aliphatic heterocycles. The molecule has 2 unspecified atom stereocenters. The van der Waals surface area contributed by atoms with Gasteiger partial charge in [0.1, 0.15) is 11.9 Å². The van der Waals surface area contributed by atoms with Crippen molar-refractivity contribution in [3.63, 3.8) is 0 Å². The fraction of sp³-hybridized carbons (Fsp3) is 0.429. The van der Waals surface area contributed by atoms with E-state index in [1.165, 1.54) is 0 Å². The van der Waals surface area contributed by atoms with Crippen LogP contribution in [-0.4, -0.2) is 39.6 Å². The lowest BCUT2D eigenvalue weighted by atomic mass is 10.2. The molecule has 27 heavy (non-hydrogen) atoms. The fourth-order valence-electron chi connectivity index (χ4n) is 2.77. The third-order valence-electron chi connectivity index (χ3n) is 4.55. The average Bonchev–Trinajstić information content (AvgIpc) is 3.18. The molecule has 0 spiro atoms. The lowest BCUT2D eigenvalue weighted by Crippen LogP contribution is -2.48. The molecule has 2 rings (SSSR count). The highest BCUT2D eigenvalue weighted by molar-refractivity contribution is 7.09. The number of benzene rings is 1. The Kier molecular flexibility index (Phi) is 8.32. The van der Waals surface area contributed by atoms with Gasteiger partial charge in [-0.1, -0.05) is 43.3 Å². The Morgan fingerprint density at radius 2 is 1.78 bits per heavy atom. The maximum absolute atomic E-state index is 13.1. The summed E-state index contributed by atoms with van der Waals surface area (Å²) in [5.41, 5.74) is 1.06. The zero-order valence-electron chi connectivity index (χ0n) is 16.1. The summed E-state index contributed by atoms with van der Waals surface area (Å²) >= 11 is 7.64. The number of rotatable bonds is 9. The average molecular weight is 407 g/mol. The van der Waals surface area contributed by atoms with E-state index in [0.717, 1.165) is 16.9 Å². The Morgan fingerprint density at radius 1 is 1.07 bits per heavy atom. The van der Waals surface area contributed by atoms with Crippen LogP contribution in [0.3, 0.4) is 0 Å². The molecule has 2 atom stereocenters. The van der Waals surface area contributed by atoms with Gasteiger partial charge in [-0.3, -0.25) is 9.59 Å². The van der Waals surface area contributed by atoms with Gasteiger partial charge in [-0.25, -0.2) is 0 Å². The van der Waals surface area contributed by atoms with E-state index in [0.29, 0.717) is 13.1 Å². The molecule has 1 aromatic heterocycles. The summed E-state index contributed by atoms with van der Waals surface area (Å²) in [6, 6.07) is 13.9. The molecule has 0 radical (unpaired) electrons. The van der Waals surface area contributed by atoms with Crippen molar-refractivity contribution in [2.24, 2.45) is 0 Å². The first kappa shape index (κ1) is 21.5. The van der Waals surface area contributed by atoms with Gasteiger partial charge in [0, 0.05) is 17.5 Å². The molecule has 2 amide bonds. The molecule has 0 N–H and O–H groups in total. The second-order valence-electron chi connectivity index (χ2n) is 6.65. The first-order valence-electron chi connectivity index (χ1n) is 9.21. The van der Waals surface area contributed by atoms with E-state index >= 15 is 0 Å². The molecule has 6 heteroatoms. The van der Waals surface area contributed by atoms with Gasteiger partial charge in [0.05, 0.1) is 6.54 Å². The number of amides is 2. The van der Waals surface area contributed by atoms with Gasteiger partial charge < -0.3 is 9.80 Å². The van der Waals surface area contributed by atoms with Crippen LogP contribution in [0.25, 0.3) is 0 Å². The first-order valence-corrected chi connectivity index (χ1v) is 10.5. The largest absolute Gasteiger partial charge is 0.332 e. The minimum absolute atomic E-state index is 0.0389. The van der Waals surface area contributed by atoms with Gasteiger partial charge >= 0.3 is 0 Å². The number of carbonyl (C=O) groups is 2. The van der Waals surface area contributed by atoms with E-state index < -0.39 is 5.38 Å². The summed E-state index contributed by atoms with van der Waals surface area (Å²) in [7, 11) is 0. The molecule has 0 aliphatic rings. The second kappa shape index (κ2) is 10.5. The number of hydrogen-bond acceptors (Lipinski definition) is 3. The minimum atomic E-state index is -0.647. The molecule has 0 saturated carbocycles. The number of hydrogen-bond donors (Lipinski definition) is 0. The number of carbonyl (C=O) groups excluding carboxylic acids is 2. The molecule has 1 heterocycles. The van der Waals surface area contributed by atoms with E-state index in [9.17, 15) is 9.59 Å². The highest BCUT2D eigenvalue weighted by Gasteiger charge is 2.27. The zero-order valence-corrected chi connectivity index (χ0v) is 17.7. The van der Waals surface area contributed by atoms with Crippen molar-refractivity contribution < 1.29 is 9.59 Å². The first-order chi connectivity index (χ1) is 12.9. The van der Waals surface area contributed by atoms with Crippen LogP contribution in [-0.2, 0) is 22.7 Å². The Hall–Kier alpha value is -1.85. The number of nitrogens with zero attached hydrogens (tertiary/aromatic N) is 2. The van der Waals surface area contributed by atoms with Crippen molar-refractivity contribution in [3.8, 4) is 0 Å². The van der Waals surface area contributed by atoms with E-state index in [1.54, 1.807) is 23.2 Å². The predicted octanol–water partition coefficient (Wildman–Crippen LogP) is 4.53. The van der Waals surface area contributed by atoms with Crippen molar-refractivity contribution in [1.82, 2.24) is 9.80 Å². The van der Waals surface area contributed by atoms with Gasteiger partial charge in [-0.05, 0) is 37.3 Å². The van der Waals surface area contributed by atoms with Crippen molar-refractivity contribution in [3.05, 3.63) is 58.3 Å². The van der Waals surface area contributed by atoms with Gasteiger partial charge in [-0.15, -0.1) is 22.9 Å². The summed E-state index contributed by atoms with van der Waals surface area (Å²) in [5, 5.41) is 1.36. The monoisotopic (exact) mass is 406 g/mol. The summed E-state index contributed by atoms with van der Waals surface area (Å²) in [4.78, 5) is 30.2. The highest BCUT2D eigenvalue weighted by atomic mass is 35.5. The van der Waals surface area contributed by atoms with Crippen LogP contribution < -0.4 is 0 Å². The molecule has 1 aromatic carbocycles. The third-order valence-corrected chi connectivity index (χ3v) is 5.60. The predicted molar refractivity (Wildman–Crippen MR) is 112 cm³/mol. The SMILES string of the molecule is CCC(C)N(CC(=O)N(Cc1ccccc1)Cc1cccs1)C(=O)C(C)Cl. The van der Waals surface area contributed by atoms with Crippen LogP contribution >= 0.6 is 22.9 Å². The molecule has 146 valence electrons. The molecule has 0 saturated heterocycles. The summed E-state index contributed by atoms with van der Waals surface area (Å²) < 4.78 is 0. The Morgan fingerprint density at radius 3 is 2.33 bits per heavy atom. The van der Waals surface area contributed by atoms with Crippen LogP contribution in [0.1, 0.15) is 37.6 Å². The van der Waals surface area contributed by atoms with Crippen molar-refractivity contribution in [2.45, 2.75) is 51.7 Å². The smallest absolute Gasteiger partial charge is 0.242 e. The van der Waals surface area contributed by atoms with Crippen LogP contribution in [0.15, 0.2) is 47.8 Å². The van der Waals surface area contributed by atoms with E-state index in [-0.39, 0.29) is 24.4 Å². The molecule has 0 fully saturated rings. The van der Waals surface area contributed by atoms with Gasteiger partial charge in [0.15, 0.2) is 0 Å². The van der Waals surface area contributed by atoms with E-state index in [1.807, 2.05) is 66.6 Å². The minimum Gasteiger partial charge on any atom is -0.332 e. The van der Waals surface area contributed by atoms with Crippen LogP contribution in [0.5, 0.6) is 0 Å². The van der Waals surface area contributed by atoms with Crippen molar-refractivity contribution in [2.75, 3.05) is 6.54 Å². The zero-order chi connectivity index (χ0) is 19.8. The molecule has 2 aromatic rings. The fourth-order valence-corrected chi connectivity index (χ4v) is 3.62. The normalized spacial score (nSPS) is 13.0. The molecular weight excluding hydrogens is 380 g/mol. The molecular formula is C21H27ClN2O2S. The van der Waals surface area contributed by atoms with E-state index in [4.69, 9.17) is 11.6 Å².